The van der Waals surface area contributed by atoms with Crippen LogP contribution in [0.1, 0.15) is 5.56 Å². The Morgan fingerprint density at radius 3 is 2.20 bits per heavy atom. The molecule has 0 aromatic heterocycles. The summed E-state index contributed by atoms with van der Waals surface area (Å²) >= 11 is 0. The van der Waals surface area contributed by atoms with Gasteiger partial charge in [0, 0.05) is 39.4 Å². The summed E-state index contributed by atoms with van der Waals surface area (Å²) in [7, 11) is 1.58. The number of rotatable bonds is 9. The van der Waals surface area contributed by atoms with E-state index in [0.29, 0.717) is 38.4 Å². The van der Waals surface area contributed by atoms with Crippen LogP contribution in [0.15, 0.2) is 18.2 Å². The third-order valence-corrected chi connectivity index (χ3v) is 2.99. The lowest BCUT2D eigenvalue weighted by Crippen LogP contribution is -2.32. The normalized spacial score (nSPS) is 11.1. The topological polar surface area (TPSA) is 62.2 Å². The molecule has 0 radical (unpaired) electrons. The van der Waals surface area contributed by atoms with Crippen LogP contribution >= 0.6 is 0 Å². The molecule has 0 spiro atoms. The molecule has 0 bridgehead atoms. The second-order valence-electron chi connectivity index (χ2n) is 4.49. The van der Waals surface area contributed by atoms with Gasteiger partial charge >= 0.3 is 7.12 Å². The van der Waals surface area contributed by atoms with Crippen molar-refractivity contribution in [3.63, 3.8) is 0 Å². The Balaban J connectivity index is 2.71. The van der Waals surface area contributed by atoms with Crippen molar-refractivity contribution in [2.24, 2.45) is 0 Å². The third-order valence-electron chi connectivity index (χ3n) is 2.99. The van der Waals surface area contributed by atoms with Crippen LogP contribution in [-0.2, 0) is 16.0 Å². The Morgan fingerprint density at radius 2 is 1.75 bits per heavy atom. The van der Waals surface area contributed by atoms with Gasteiger partial charge in [-0.05, 0) is 11.5 Å². The van der Waals surface area contributed by atoms with E-state index in [9.17, 15) is 4.39 Å². The van der Waals surface area contributed by atoms with Gasteiger partial charge in [0.25, 0.3) is 0 Å². The van der Waals surface area contributed by atoms with E-state index in [-0.39, 0.29) is 5.46 Å². The molecule has 0 aliphatic carbocycles. The molecule has 0 unspecified atom stereocenters. The highest BCUT2D eigenvalue weighted by Crippen LogP contribution is 2.09. The molecule has 0 aliphatic heterocycles. The van der Waals surface area contributed by atoms with Crippen LogP contribution in [0.5, 0.6) is 0 Å². The number of halogens is 1. The molecule has 0 saturated heterocycles. The fraction of sp³-hybridized carbons (Fsp3) is 0.538. The summed E-state index contributed by atoms with van der Waals surface area (Å²) in [6, 6.07) is 4.22. The van der Waals surface area contributed by atoms with Crippen molar-refractivity contribution in [1.82, 2.24) is 4.90 Å². The maximum Gasteiger partial charge on any atom is 0.488 e. The molecule has 20 heavy (non-hydrogen) atoms. The van der Waals surface area contributed by atoms with Gasteiger partial charge < -0.3 is 19.5 Å². The summed E-state index contributed by atoms with van der Waals surface area (Å²) < 4.78 is 24.0. The van der Waals surface area contributed by atoms with Crippen molar-refractivity contribution in [3.8, 4) is 0 Å². The highest BCUT2D eigenvalue weighted by atomic mass is 19.1. The van der Waals surface area contributed by atoms with Crippen LogP contribution in [0.25, 0.3) is 0 Å². The maximum absolute atomic E-state index is 13.9. The van der Waals surface area contributed by atoms with Gasteiger partial charge in [0.2, 0.25) is 0 Å². The van der Waals surface area contributed by atoms with E-state index in [1.807, 2.05) is 4.90 Å². The Bertz CT molecular complexity index is 398. The van der Waals surface area contributed by atoms with Gasteiger partial charge in [-0.1, -0.05) is 12.1 Å². The van der Waals surface area contributed by atoms with Gasteiger partial charge in [0.1, 0.15) is 5.82 Å². The van der Waals surface area contributed by atoms with Gasteiger partial charge in [-0.25, -0.2) is 4.39 Å². The zero-order valence-electron chi connectivity index (χ0n) is 11.9. The lowest BCUT2D eigenvalue weighted by Gasteiger charge is -2.22. The van der Waals surface area contributed by atoms with Gasteiger partial charge in [-0.15, -0.1) is 0 Å². The van der Waals surface area contributed by atoms with Crippen molar-refractivity contribution >= 4 is 12.6 Å². The van der Waals surface area contributed by atoms with Crippen LogP contribution in [0.2, 0.25) is 0 Å². The first kappa shape index (κ1) is 17.1. The van der Waals surface area contributed by atoms with E-state index in [1.165, 1.54) is 6.07 Å². The third kappa shape index (κ3) is 5.56. The summed E-state index contributed by atoms with van der Waals surface area (Å²) in [5.74, 6) is -0.449. The van der Waals surface area contributed by atoms with Gasteiger partial charge in [0.15, 0.2) is 0 Å². The Kier molecular flexibility index (Phi) is 7.72. The average molecular weight is 285 g/mol. The quantitative estimate of drug-likeness (QED) is 0.605. The summed E-state index contributed by atoms with van der Waals surface area (Å²) in [6.45, 7) is 2.87. The van der Waals surface area contributed by atoms with Crippen LogP contribution in [0, 0.1) is 5.82 Å². The molecule has 1 aromatic carbocycles. The molecule has 1 aromatic rings. The zero-order chi connectivity index (χ0) is 15.0. The van der Waals surface area contributed by atoms with Gasteiger partial charge in [-0.3, -0.25) is 4.90 Å². The molecule has 2 N–H and O–H groups in total. The number of ether oxygens (including phenoxy) is 2. The molecular weight excluding hydrogens is 264 g/mol. The molecule has 0 amide bonds. The number of methoxy groups -OCH3 is 2. The molecular formula is C13H21BFNO4. The minimum atomic E-state index is -1.66. The largest absolute Gasteiger partial charge is 0.488 e. The minimum absolute atomic E-state index is 0.145. The summed E-state index contributed by atoms with van der Waals surface area (Å²) in [4.78, 5) is 2.01. The molecule has 1 rings (SSSR count). The van der Waals surface area contributed by atoms with Crippen molar-refractivity contribution in [3.05, 3.63) is 29.6 Å². The van der Waals surface area contributed by atoms with E-state index in [2.05, 4.69) is 0 Å². The maximum atomic E-state index is 13.9. The molecule has 0 atom stereocenters. The van der Waals surface area contributed by atoms with Crippen LogP contribution in [-0.4, -0.2) is 62.6 Å². The standard InChI is InChI=1S/C13H21BFNO4/c1-19-7-5-16(6-8-20-2)10-11-3-4-12(14(17)18)9-13(11)15/h3-4,9,17-18H,5-8,10H2,1-2H3. The molecule has 0 aliphatic rings. The highest BCUT2D eigenvalue weighted by molar-refractivity contribution is 6.58. The number of nitrogens with zero attached hydrogens (tertiary/aromatic N) is 1. The molecule has 112 valence electrons. The smallest absolute Gasteiger partial charge is 0.423 e. The second-order valence-corrected chi connectivity index (χ2v) is 4.49. The summed E-state index contributed by atoms with van der Waals surface area (Å²) in [5, 5.41) is 18.0. The average Bonchev–Trinajstić information content (AvgIpc) is 2.43. The molecule has 5 nitrogen and oxygen atoms in total. The van der Waals surface area contributed by atoms with Crippen LogP contribution < -0.4 is 5.46 Å². The summed E-state index contributed by atoms with van der Waals surface area (Å²) in [6.07, 6.45) is 0. The highest BCUT2D eigenvalue weighted by Gasteiger charge is 2.15. The SMILES string of the molecule is COCCN(CCOC)Cc1ccc(B(O)O)cc1F. The number of hydrogen-bond acceptors (Lipinski definition) is 5. The lowest BCUT2D eigenvalue weighted by atomic mass is 9.80. The minimum Gasteiger partial charge on any atom is -0.423 e. The first-order valence-electron chi connectivity index (χ1n) is 6.43. The van der Waals surface area contributed by atoms with Crippen molar-refractivity contribution in [2.45, 2.75) is 6.54 Å². The van der Waals surface area contributed by atoms with Crippen LogP contribution in [0.4, 0.5) is 4.39 Å². The van der Waals surface area contributed by atoms with E-state index < -0.39 is 12.9 Å². The van der Waals surface area contributed by atoms with Crippen molar-refractivity contribution < 1.29 is 23.9 Å². The Labute approximate surface area is 119 Å². The van der Waals surface area contributed by atoms with E-state index in [0.717, 1.165) is 6.07 Å². The monoisotopic (exact) mass is 285 g/mol. The first-order chi connectivity index (χ1) is 9.58. The summed E-state index contributed by atoms with van der Waals surface area (Å²) in [5.41, 5.74) is 0.646. The molecule has 0 heterocycles. The van der Waals surface area contributed by atoms with Gasteiger partial charge in [0.05, 0.1) is 13.2 Å². The Morgan fingerprint density at radius 1 is 1.15 bits per heavy atom. The van der Waals surface area contributed by atoms with E-state index in [4.69, 9.17) is 19.5 Å². The van der Waals surface area contributed by atoms with Crippen molar-refractivity contribution in [1.29, 1.82) is 0 Å². The van der Waals surface area contributed by atoms with E-state index in [1.54, 1.807) is 20.3 Å². The number of benzene rings is 1. The number of hydrogen-bond donors (Lipinski definition) is 2. The van der Waals surface area contributed by atoms with Gasteiger partial charge in [-0.2, -0.15) is 0 Å². The first-order valence-corrected chi connectivity index (χ1v) is 6.43. The van der Waals surface area contributed by atoms with E-state index >= 15 is 0 Å². The second kappa shape index (κ2) is 9.04. The fourth-order valence-electron chi connectivity index (χ4n) is 1.80. The van der Waals surface area contributed by atoms with Crippen LogP contribution in [0.3, 0.4) is 0 Å². The molecule has 0 fully saturated rings. The fourth-order valence-corrected chi connectivity index (χ4v) is 1.80. The molecule has 0 saturated carbocycles. The van der Waals surface area contributed by atoms with Crippen molar-refractivity contribution in [2.75, 3.05) is 40.5 Å². The predicted molar refractivity (Wildman–Crippen MR) is 75.3 cm³/mol. The zero-order valence-corrected chi connectivity index (χ0v) is 11.9. The lowest BCUT2D eigenvalue weighted by molar-refractivity contribution is 0.109. The predicted octanol–water partition coefficient (Wildman–Crippen LogP) is -0.400. The molecule has 7 heteroatoms. The Hall–Kier alpha value is -0.985.